The van der Waals surface area contributed by atoms with E-state index in [1.807, 2.05) is 0 Å². The van der Waals surface area contributed by atoms with E-state index in [2.05, 4.69) is 118 Å². The van der Waals surface area contributed by atoms with Gasteiger partial charge in [0.1, 0.15) is 13.2 Å². The van der Waals surface area contributed by atoms with Gasteiger partial charge < -0.3 is 14.2 Å². The highest BCUT2D eigenvalue weighted by Gasteiger charge is 2.19. The molecule has 0 saturated carbocycles. The fraction of sp³-hybridized carbons (Fsp3) is 0.655. The molecule has 0 spiro atoms. The third-order valence-corrected chi connectivity index (χ3v) is 10.1. The number of hydrogen-bond donors (Lipinski definition) is 0. The molecule has 0 aliphatic rings. The molecule has 1 unspecified atom stereocenters. The molecule has 6 heteroatoms. The predicted molar refractivity (Wildman–Crippen MR) is 260 cm³/mol. The molecule has 6 nitrogen and oxygen atoms in total. The maximum atomic E-state index is 12.8. The van der Waals surface area contributed by atoms with E-state index in [-0.39, 0.29) is 31.1 Å². The molecule has 0 aromatic rings. The summed E-state index contributed by atoms with van der Waals surface area (Å²) in [5.41, 5.74) is 0. The molecule has 0 radical (unpaired) electrons. The predicted octanol–water partition coefficient (Wildman–Crippen LogP) is 16.2. The van der Waals surface area contributed by atoms with E-state index in [9.17, 15) is 14.4 Å². The Kier molecular flexibility index (Phi) is 46.0. The third-order valence-electron chi connectivity index (χ3n) is 10.1. The van der Waals surface area contributed by atoms with Gasteiger partial charge >= 0.3 is 17.9 Å². The zero-order valence-electron chi connectivity index (χ0n) is 39.4. The van der Waals surface area contributed by atoms with Crippen LogP contribution in [-0.2, 0) is 28.6 Å². The second-order valence-electron chi connectivity index (χ2n) is 16.0. The topological polar surface area (TPSA) is 78.9 Å². The van der Waals surface area contributed by atoms with Crippen molar-refractivity contribution in [2.24, 2.45) is 0 Å². The van der Waals surface area contributed by atoms with Gasteiger partial charge in [0.2, 0.25) is 0 Å². The number of rotatable bonds is 43. The minimum absolute atomic E-state index is 0.0931. The largest absolute Gasteiger partial charge is 0.462 e. The molecular weight excluding hydrogens is 757 g/mol. The van der Waals surface area contributed by atoms with E-state index in [1.165, 1.54) is 51.4 Å². The maximum Gasteiger partial charge on any atom is 0.306 e. The van der Waals surface area contributed by atoms with Crippen LogP contribution in [0.15, 0.2) is 97.2 Å². The highest BCUT2D eigenvalue weighted by atomic mass is 16.6. The van der Waals surface area contributed by atoms with Crippen LogP contribution in [0.3, 0.4) is 0 Å². The summed E-state index contributed by atoms with van der Waals surface area (Å²) < 4.78 is 16.7. The summed E-state index contributed by atoms with van der Waals surface area (Å²) in [4.78, 5) is 37.8. The highest BCUT2D eigenvalue weighted by molar-refractivity contribution is 5.71. The fourth-order valence-electron chi connectivity index (χ4n) is 6.42. The van der Waals surface area contributed by atoms with E-state index in [4.69, 9.17) is 14.2 Å². The van der Waals surface area contributed by atoms with Gasteiger partial charge in [-0.25, -0.2) is 0 Å². The molecule has 0 heterocycles. The van der Waals surface area contributed by atoms with E-state index >= 15 is 0 Å². The maximum absolute atomic E-state index is 12.8. The lowest BCUT2D eigenvalue weighted by Crippen LogP contribution is -2.30. The molecule has 0 fully saturated rings. The Labute approximate surface area is 375 Å². The Morgan fingerprint density at radius 3 is 1.02 bits per heavy atom. The van der Waals surface area contributed by atoms with Gasteiger partial charge in [-0.05, 0) is 96.3 Å². The van der Waals surface area contributed by atoms with Crippen molar-refractivity contribution in [3.8, 4) is 0 Å². The highest BCUT2D eigenvalue weighted by Crippen LogP contribution is 2.13. The third kappa shape index (κ3) is 47.2. The number of carbonyl (C=O) groups excluding carboxylic acids is 3. The van der Waals surface area contributed by atoms with Gasteiger partial charge in [-0.15, -0.1) is 0 Å². The van der Waals surface area contributed by atoms with Crippen molar-refractivity contribution in [3.05, 3.63) is 97.2 Å². The second kappa shape index (κ2) is 49.0. The van der Waals surface area contributed by atoms with E-state index < -0.39 is 6.10 Å². The van der Waals surface area contributed by atoms with Crippen LogP contribution in [0, 0.1) is 0 Å². The molecule has 346 valence electrons. The lowest BCUT2D eigenvalue weighted by Gasteiger charge is -2.18. The first-order valence-corrected chi connectivity index (χ1v) is 24.7. The molecule has 0 aliphatic carbocycles. The van der Waals surface area contributed by atoms with Crippen molar-refractivity contribution in [1.82, 2.24) is 0 Å². The molecule has 0 aliphatic heterocycles. The van der Waals surface area contributed by atoms with Crippen molar-refractivity contribution in [3.63, 3.8) is 0 Å². The fourth-order valence-corrected chi connectivity index (χ4v) is 6.42. The standard InChI is InChI=1S/C55H90O6/c1-4-7-10-13-16-18-20-22-24-26-27-29-30-32-34-36-39-42-45-48-54(57)60-51-52(50-59-53(56)47-44-41-38-15-12-9-6-3)61-55(58)49-46-43-40-37-35-33-31-28-25-23-21-19-17-14-11-8-5-2/h7-8,10-11,16-19,22-25,27,29,32,34,52H,4-6,9,12-15,20-21,26,28,30-31,33,35-51H2,1-3H3/b10-7-,11-8-,18-16-,19-17-,24-22-,25-23-,29-27-,34-32-. The normalized spacial score (nSPS) is 12.9. The van der Waals surface area contributed by atoms with E-state index in [0.717, 1.165) is 122 Å². The number of allylic oxidation sites excluding steroid dienone is 16. The minimum atomic E-state index is -0.794. The van der Waals surface area contributed by atoms with Gasteiger partial charge in [-0.1, -0.05) is 195 Å². The van der Waals surface area contributed by atoms with Crippen molar-refractivity contribution in [2.75, 3.05) is 13.2 Å². The molecule has 0 aromatic carbocycles. The molecule has 0 saturated heterocycles. The quantitative estimate of drug-likeness (QED) is 0.0263. The summed E-state index contributed by atoms with van der Waals surface area (Å²) in [7, 11) is 0. The monoisotopic (exact) mass is 847 g/mol. The van der Waals surface area contributed by atoms with Crippen molar-refractivity contribution >= 4 is 17.9 Å². The summed E-state index contributed by atoms with van der Waals surface area (Å²) in [6.07, 6.45) is 64.0. The summed E-state index contributed by atoms with van der Waals surface area (Å²) in [6, 6.07) is 0. The van der Waals surface area contributed by atoms with Gasteiger partial charge in [0.15, 0.2) is 6.10 Å². The smallest absolute Gasteiger partial charge is 0.306 e. The van der Waals surface area contributed by atoms with Gasteiger partial charge in [0.25, 0.3) is 0 Å². The first-order chi connectivity index (χ1) is 30.0. The molecular formula is C55H90O6. The lowest BCUT2D eigenvalue weighted by atomic mass is 10.1. The Bertz CT molecular complexity index is 1250. The zero-order chi connectivity index (χ0) is 44.4. The van der Waals surface area contributed by atoms with Gasteiger partial charge in [0.05, 0.1) is 0 Å². The Morgan fingerprint density at radius 2 is 0.639 bits per heavy atom. The first kappa shape index (κ1) is 57.3. The average Bonchev–Trinajstić information content (AvgIpc) is 3.26. The number of carbonyl (C=O) groups is 3. The Balaban J connectivity index is 4.37. The number of hydrogen-bond acceptors (Lipinski definition) is 6. The molecule has 1 atom stereocenters. The SMILES string of the molecule is CC/C=C\C/C=C\C/C=C\C/C=C\C/C=C\CCCCCC(=O)OCC(COC(=O)CCCCCCCCC)OC(=O)CCCCCCCCC/C=C\C/C=C\C/C=C\CC. The van der Waals surface area contributed by atoms with Crippen LogP contribution in [0.1, 0.15) is 213 Å². The van der Waals surface area contributed by atoms with Crippen LogP contribution in [0.25, 0.3) is 0 Å². The lowest BCUT2D eigenvalue weighted by molar-refractivity contribution is -0.167. The van der Waals surface area contributed by atoms with Gasteiger partial charge in [0, 0.05) is 19.3 Å². The van der Waals surface area contributed by atoms with Crippen LogP contribution >= 0.6 is 0 Å². The van der Waals surface area contributed by atoms with Gasteiger partial charge in [-0.2, -0.15) is 0 Å². The second-order valence-corrected chi connectivity index (χ2v) is 16.0. The Morgan fingerprint density at radius 1 is 0.344 bits per heavy atom. The summed E-state index contributed by atoms with van der Waals surface area (Å²) in [5, 5.41) is 0. The molecule has 61 heavy (non-hydrogen) atoms. The van der Waals surface area contributed by atoms with Crippen molar-refractivity contribution in [1.29, 1.82) is 0 Å². The summed E-state index contributed by atoms with van der Waals surface area (Å²) in [6.45, 7) is 6.32. The molecule has 0 aromatic heterocycles. The molecule has 0 amide bonds. The molecule has 0 N–H and O–H groups in total. The molecule has 0 rings (SSSR count). The van der Waals surface area contributed by atoms with E-state index in [1.54, 1.807) is 0 Å². The van der Waals surface area contributed by atoms with Gasteiger partial charge in [-0.3, -0.25) is 14.4 Å². The van der Waals surface area contributed by atoms with Crippen molar-refractivity contribution < 1.29 is 28.6 Å². The van der Waals surface area contributed by atoms with Crippen LogP contribution in [-0.4, -0.2) is 37.2 Å². The van der Waals surface area contributed by atoms with Crippen molar-refractivity contribution in [2.45, 2.75) is 219 Å². The van der Waals surface area contributed by atoms with Crippen LogP contribution in [0.4, 0.5) is 0 Å². The van der Waals surface area contributed by atoms with Crippen LogP contribution in [0.5, 0.6) is 0 Å². The van der Waals surface area contributed by atoms with E-state index in [0.29, 0.717) is 19.3 Å². The summed E-state index contributed by atoms with van der Waals surface area (Å²) in [5.74, 6) is -0.949. The average molecular weight is 847 g/mol. The Hall–Kier alpha value is -3.67. The number of ether oxygens (including phenoxy) is 3. The minimum Gasteiger partial charge on any atom is -0.462 e. The number of esters is 3. The molecule has 0 bridgehead atoms. The number of unbranched alkanes of at least 4 members (excludes halogenated alkanes) is 16. The first-order valence-electron chi connectivity index (χ1n) is 24.7. The zero-order valence-corrected chi connectivity index (χ0v) is 39.4. The summed E-state index contributed by atoms with van der Waals surface area (Å²) >= 11 is 0. The van der Waals surface area contributed by atoms with Crippen LogP contribution < -0.4 is 0 Å². The van der Waals surface area contributed by atoms with Crippen LogP contribution in [0.2, 0.25) is 0 Å².